The van der Waals surface area contributed by atoms with Gasteiger partial charge in [-0.2, -0.15) is 0 Å². The Morgan fingerprint density at radius 1 is 1.35 bits per heavy atom. The predicted octanol–water partition coefficient (Wildman–Crippen LogP) is 2.43. The molecule has 4 heteroatoms. The molecule has 1 aliphatic rings. The largest absolute Gasteiger partial charge is 0.370 e. The summed E-state index contributed by atoms with van der Waals surface area (Å²) in [7, 11) is 2.24. The third-order valence-corrected chi connectivity index (χ3v) is 4.16. The summed E-state index contributed by atoms with van der Waals surface area (Å²) in [5.41, 5.74) is 1.32. The van der Waals surface area contributed by atoms with E-state index in [1.165, 1.54) is 12.0 Å². The van der Waals surface area contributed by atoms with Crippen LogP contribution >= 0.6 is 0 Å². The number of anilines is 1. The summed E-state index contributed by atoms with van der Waals surface area (Å²) in [5, 5.41) is 3.44. The van der Waals surface area contributed by atoms with Crippen molar-refractivity contribution >= 4 is 5.82 Å². The molecule has 4 nitrogen and oxygen atoms in total. The van der Waals surface area contributed by atoms with Gasteiger partial charge in [0.2, 0.25) is 0 Å². The van der Waals surface area contributed by atoms with E-state index in [1.54, 1.807) is 0 Å². The van der Waals surface area contributed by atoms with Gasteiger partial charge in [0.1, 0.15) is 5.82 Å². The van der Waals surface area contributed by atoms with Gasteiger partial charge in [-0.3, -0.25) is 4.90 Å². The molecule has 0 amide bonds. The molecule has 1 aromatic heterocycles. The fourth-order valence-electron chi connectivity index (χ4n) is 2.80. The lowest BCUT2D eigenvalue weighted by Crippen LogP contribution is -2.50. The molecule has 1 fully saturated rings. The average molecular weight is 276 g/mol. The molecular formula is C16H28N4. The van der Waals surface area contributed by atoms with Crippen LogP contribution in [0.3, 0.4) is 0 Å². The van der Waals surface area contributed by atoms with Crippen LogP contribution in [0.2, 0.25) is 0 Å². The zero-order chi connectivity index (χ0) is 14.4. The van der Waals surface area contributed by atoms with Crippen LogP contribution in [0.25, 0.3) is 0 Å². The van der Waals surface area contributed by atoms with Gasteiger partial charge in [-0.05, 0) is 26.0 Å². The molecule has 0 spiro atoms. The third-order valence-electron chi connectivity index (χ3n) is 4.16. The predicted molar refractivity (Wildman–Crippen MR) is 85.0 cm³/mol. The molecule has 1 aromatic rings. The first-order valence-corrected chi connectivity index (χ1v) is 7.85. The van der Waals surface area contributed by atoms with Crippen LogP contribution in [0.4, 0.5) is 5.82 Å². The summed E-state index contributed by atoms with van der Waals surface area (Å²) < 4.78 is 0. The maximum atomic E-state index is 4.49. The number of hydrogen-bond acceptors (Lipinski definition) is 4. The second-order valence-electron chi connectivity index (χ2n) is 5.72. The first-order chi connectivity index (χ1) is 9.74. The Bertz CT molecular complexity index is 407. The zero-order valence-corrected chi connectivity index (χ0v) is 13.1. The van der Waals surface area contributed by atoms with Crippen molar-refractivity contribution in [3.8, 4) is 0 Å². The second-order valence-corrected chi connectivity index (χ2v) is 5.72. The van der Waals surface area contributed by atoms with E-state index in [0.717, 1.165) is 45.0 Å². The summed E-state index contributed by atoms with van der Waals surface area (Å²) in [6, 6.07) is 4.93. The first kappa shape index (κ1) is 15.3. The van der Waals surface area contributed by atoms with E-state index in [9.17, 15) is 0 Å². The first-order valence-electron chi connectivity index (χ1n) is 7.85. The van der Waals surface area contributed by atoms with Crippen molar-refractivity contribution in [1.29, 1.82) is 0 Å². The molecule has 2 heterocycles. The molecule has 2 rings (SSSR count). The molecule has 0 aromatic carbocycles. The Labute approximate surface area is 123 Å². The number of hydrogen-bond donors (Lipinski definition) is 1. The van der Waals surface area contributed by atoms with E-state index in [1.807, 2.05) is 12.3 Å². The summed E-state index contributed by atoms with van der Waals surface area (Å²) >= 11 is 0. The fourth-order valence-corrected chi connectivity index (χ4v) is 2.80. The maximum Gasteiger partial charge on any atom is 0.130 e. The van der Waals surface area contributed by atoms with Gasteiger partial charge >= 0.3 is 0 Å². The van der Waals surface area contributed by atoms with E-state index in [-0.39, 0.29) is 0 Å². The Morgan fingerprint density at radius 2 is 2.20 bits per heavy atom. The normalized spacial score (nSPS) is 21.1. The van der Waals surface area contributed by atoms with Crippen LogP contribution in [0.15, 0.2) is 18.3 Å². The van der Waals surface area contributed by atoms with E-state index in [0.29, 0.717) is 6.04 Å². The van der Waals surface area contributed by atoms with Crippen LogP contribution in [0.5, 0.6) is 0 Å². The molecule has 0 aliphatic carbocycles. The van der Waals surface area contributed by atoms with Gasteiger partial charge in [0.25, 0.3) is 0 Å². The van der Waals surface area contributed by atoms with Crippen molar-refractivity contribution in [3.63, 3.8) is 0 Å². The molecule has 1 saturated heterocycles. The number of pyridine rings is 1. The van der Waals surface area contributed by atoms with Gasteiger partial charge < -0.3 is 10.2 Å². The Kier molecular flexibility index (Phi) is 5.80. The smallest absolute Gasteiger partial charge is 0.130 e. The van der Waals surface area contributed by atoms with Gasteiger partial charge in [0, 0.05) is 50.5 Å². The number of likely N-dealkylation sites (N-methyl/N-ethyl adjacent to an activating group) is 1. The van der Waals surface area contributed by atoms with Crippen LogP contribution in [-0.2, 0) is 6.54 Å². The Balaban J connectivity index is 1.99. The average Bonchev–Trinajstić information content (AvgIpc) is 2.48. The molecule has 112 valence electrons. The summed E-state index contributed by atoms with van der Waals surface area (Å²) in [5.74, 6) is 1.06. The Hall–Kier alpha value is -1.13. The Morgan fingerprint density at radius 3 is 2.95 bits per heavy atom. The summed E-state index contributed by atoms with van der Waals surface area (Å²) in [4.78, 5) is 9.53. The monoisotopic (exact) mass is 276 g/mol. The minimum absolute atomic E-state index is 0.687. The molecule has 1 N–H and O–H groups in total. The molecule has 1 aliphatic heterocycles. The number of piperazine rings is 1. The van der Waals surface area contributed by atoms with Crippen molar-refractivity contribution < 1.29 is 0 Å². The van der Waals surface area contributed by atoms with Gasteiger partial charge in [-0.1, -0.05) is 19.9 Å². The fraction of sp³-hybridized carbons (Fsp3) is 0.688. The number of rotatable bonds is 6. The highest BCUT2D eigenvalue weighted by molar-refractivity contribution is 5.43. The number of aromatic nitrogens is 1. The molecule has 0 saturated carbocycles. The topological polar surface area (TPSA) is 31.4 Å². The minimum atomic E-state index is 0.687. The SMILES string of the molecule is CCCNc1ncccc1CN1CCN(C)C(CC)C1. The molecule has 20 heavy (non-hydrogen) atoms. The highest BCUT2D eigenvalue weighted by Crippen LogP contribution is 2.18. The number of nitrogens with zero attached hydrogens (tertiary/aromatic N) is 3. The standard InChI is InChI=1S/C16H28N4/c1-4-8-17-16-14(7-6-9-18-16)12-20-11-10-19(3)15(5-2)13-20/h6-7,9,15H,4-5,8,10-13H2,1-3H3,(H,17,18). The van der Waals surface area contributed by atoms with Crippen molar-refractivity contribution in [3.05, 3.63) is 23.9 Å². The molecular weight excluding hydrogens is 248 g/mol. The van der Waals surface area contributed by atoms with Gasteiger partial charge in [0.15, 0.2) is 0 Å². The van der Waals surface area contributed by atoms with E-state index in [4.69, 9.17) is 0 Å². The summed E-state index contributed by atoms with van der Waals surface area (Å²) in [6.07, 6.45) is 4.23. The van der Waals surface area contributed by atoms with Crippen molar-refractivity contribution in [2.75, 3.05) is 38.5 Å². The van der Waals surface area contributed by atoms with Gasteiger partial charge in [-0.25, -0.2) is 4.98 Å². The molecule has 0 radical (unpaired) electrons. The maximum absolute atomic E-state index is 4.49. The third kappa shape index (κ3) is 3.93. The van der Waals surface area contributed by atoms with Crippen LogP contribution < -0.4 is 5.32 Å². The van der Waals surface area contributed by atoms with E-state index >= 15 is 0 Å². The van der Waals surface area contributed by atoms with Crippen LogP contribution in [0.1, 0.15) is 32.3 Å². The number of nitrogens with one attached hydrogen (secondary N) is 1. The molecule has 1 atom stereocenters. The minimum Gasteiger partial charge on any atom is -0.370 e. The lowest BCUT2D eigenvalue weighted by atomic mass is 10.1. The lowest BCUT2D eigenvalue weighted by molar-refractivity contribution is 0.0884. The van der Waals surface area contributed by atoms with Gasteiger partial charge in [0.05, 0.1) is 0 Å². The van der Waals surface area contributed by atoms with E-state index < -0.39 is 0 Å². The molecule has 1 unspecified atom stereocenters. The quantitative estimate of drug-likeness (QED) is 0.864. The lowest BCUT2D eigenvalue weighted by Gasteiger charge is -2.39. The van der Waals surface area contributed by atoms with Crippen LogP contribution in [-0.4, -0.2) is 54.1 Å². The zero-order valence-electron chi connectivity index (χ0n) is 13.1. The highest BCUT2D eigenvalue weighted by atomic mass is 15.3. The van der Waals surface area contributed by atoms with Crippen LogP contribution in [0, 0.1) is 0 Å². The second kappa shape index (κ2) is 7.60. The van der Waals surface area contributed by atoms with Crippen molar-refractivity contribution in [1.82, 2.24) is 14.8 Å². The van der Waals surface area contributed by atoms with Crippen molar-refractivity contribution in [2.45, 2.75) is 39.3 Å². The summed E-state index contributed by atoms with van der Waals surface area (Å²) in [6.45, 7) is 9.93. The van der Waals surface area contributed by atoms with Crippen molar-refractivity contribution in [2.24, 2.45) is 0 Å². The highest BCUT2D eigenvalue weighted by Gasteiger charge is 2.23. The molecule has 0 bridgehead atoms. The van der Waals surface area contributed by atoms with E-state index in [2.05, 4.69) is 47.1 Å². The van der Waals surface area contributed by atoms with Gasteiger partial charge in [-0.15, -0.1) is 0 Å².